The van der Waals surface area contributed by atoms with Crippen LogP contribution in [0.2, 0.25) is 0 Å². The van der Waals surface area contributed by atoms with Crippen LogP contribution in [0.5, 0.6) is 11.5 Å². The standard InChI is InChI=1S/C20H31N3O3/c1-22-11-12-23(20(24)21-16-7-5-4-6-8-16)14-17(22)15-9-10-18(25-2)19(13-15)26-3/h9-10,13,16-17H,4-8,11-12,14H2,1-3H3,(H,21,24). The van der Waals surface area contributed by atoms with Crippen molar-refractivity contribution in [3.63, 3.8) is 0 Å². The maximum atomic E-state index is 12.7. The first-order valence-electron chi connectivity index (χ1n) is 9.60. The van der Waals surface area contributed by atoms with Crippen LogP contribution >= 0.6 is 0 Å². The van der Waals surface area contributed by atoms with Crippen LogP contribution in [0, 0.1) is 0 Å². The Balaban J connectivity index is 1.68. The zero-order chi connectivity index (χ0) is 18.5. The van der Waals surface area contributed by atoms with Gasteiger partial charge in [0.05, 0.1) is 20.3 Å². The van der Waals surface area contributed by atoms with Gasteiger partial charge in [0.2, 0.25) is 0 Å². The number of benzene rings is 1. The topological polar surface area (TPSA) is 54.0 Å². The Bertz CT molecular complexity index is 616. The van der Waals surface area contributed by atoms with Crippen molar-refractivity contribution in [1.29, 1.82) is 0 Å². The molecular formula is C20H31N3O3. The van der Waals surface area contributed by atoms with Gasteiger partial charge < -0.3 is 19.7 Å². The SMILES string of the molecule is COc1ccc(C2CN(C(=O)NC3CCCCC3)CCN2C)cc1OC. The van der Waals surface area contributed by atoms with Gasteiger partial charge >= 0.3 is 6.03 Å². The monoisotopic (exact) mass is 361 g/mol. The largest absolute Gasteiger partial charge is 0.493 e. The number of nitrogens with one attached hydrogen (secondary N) is 1. The maximum absolute atomic E-state index is 12.7. The molecular weight excluding hydrogens is 330 g/mol. The van der Waals surface area contributed by atoms with Crippen LogP contribution in [-0.4, -0.2) is 62.8 Å². The average Bonchev–Trinajstić information content (AvgIpc) is 2.68. The van der Waals surface area contributed by atoms with E-state index in [1.54, 1.807) is 14.2 Å². The minimum Gasteiger partial charge on any atom is -0.493 e. The van der Waals surface area contributed by atoms with Gasteiger partial charge in [-0.1, -0.05) is 25.3 Å². The highest BCUT2D eigenvalue weighted by Crippen LogP contribution is 2.33. The van der Waals surface area contributed by atoms with E-state index in [2.05, 4.69) is 23.3 Å². The molecule has 2 aliphatic rings. The molecule has 1 aromatic carbocycles. The smallest absolute Gasteiger partial charge is 0.317 e. The Hall–Kier alpha value is -1.95. The molecule has 1 atom stereocenters. The minimum atomic E-state index is 0.0791. The quantitative estimate of drug-likeness (QED) is 0.896. The van der Waals surface area contributed by atoms with Gasteiger partial charge in [0.15, 0.2) is 11.5 Å². The summed E-state index contributed by atoms with van der Waals surface area (Å²) in [5.74, 6) is 1.45. The molecule has 1 aromatic rings. The number of ether oxygens (including phenoxy) is 2. The Morgan fingerprint density at radius 2 is 1.81 bits per heavy atom. The van der Waals surface area contributed by atoms with Crippen molar-refractivity contribution >= 4 is 6.03 Å². The molecule has 6 nitrogen and oxygen atoms in total. The van der Waals surface area contributed by atoms with Crippen molar-refractivity contribution in [1.82, 2.24) is 15.1 Å². The first-order chi connectivity index (χ1) is 12.6. The van der Waals surface area contributed by atoms with Crippen molar-refractivity contribution in [3.05, 3.63) is 23.8 Å². The van der Waals surface area contributed by atoms with Crippen LogP contribution in [0.1, 0.15) is 43.7 Å². The second kappa shape index (κ2) is 8.62. The molecule has 1 unspecified atom stereocenters. The van der Waals surface area contributed by atoms with E-state index in [1.165, 1.54) is 19.3 Å². The van der Waals surface area contributed by atoms with Gasteiger partial charge in [-0.2, -0.15) is 0 Å². The number of rotatable bonds is 4. The van der Waals surface area contributed by atoms with Crippen LogP contribution in [0.15, 0.2) is 18.2 Å². The van der Waals surface area contributed by atoms with Gasteiger partial charge in [-0.3, -0.25) is 4.90 Å². The maximum Gasteiger partial charge on any atom is 0.317 e. The molecule has 0 aromatic heterocycles. The number of urea groups is 1. The average molecular weight is 361 g/mol. The van der Waals surface area contributed by atoms with E-state index in [0.717, 1.165) is 43.0 Å². The highest BCUT2D eigenvalue weighted by molar-refractivity contribution is 5.74. The van der Waals surface area contributed by atoms with Gasteiger partial charge in [-0.15, -0.1) is 0 Å². The predicted molar refractivity (Wildman–Crippen MR) is 102 cm³/mol. The predicted octanol–water partition coefficient (Wildman–Crippen LogP) is 3.03. The molecule has 1 aliphatic heterocycles. The summed E-state index contributed by atoms with van der Waals surface area (Å²) in [6, 6.07) is 6.59. The fraction of sp³-hybridized carbons (Fsp3) is 0.650. The first kappa shape index (κ1) is 18.8. The molecule has 2 fully saturated rings. The molecule has 1 N–H and O–H groups in total. The van der Waals surface area contributed by atoms with Crippen molar-refractivity contribution < 1.29 is 14.3 Å². The first-order valence-corrected chi connectivity index (χ1v) is 9.60. The van der Waals surface area contributed by atoms with E-state index >= 15 is 0 Å². The van der Waals surface area contributed by atoms with E-state index < -0.39 is 0 Å². The lowest BCUT2D eigenvalue weighted by Crippen LogP contribution is -2.53. The third-order valence-corrected chi connectivity index (χ3v) is 5.66. The van der Waals surface area contributed by atoms with Gasteiger partial charge in [0, 0.05) is 25.7 Å². The lowest BCUT2D eigenvalue weighted by molar-refractivity contribution is 0.107. The molecule has 26 heavy (non-hydrogen) atoms. The van der Waals surface area contributed by atoms with Gasteiger partial charge in [0.1, 0.15) is 0 Å². The highest BCUT2D eigenvalue weighted by Gasteiger charge is 2.30. The summed E-state index contributed by atoms with van der Waals surface area (Å²) in [6.07, 6.45) is 5.96. The number of carbonyl (C=O) groups is 1. The van der Waals surface area contributed by atoms with Crippen molar-refractivity contribution in [2.24, 2.45) is 0 Å². The molecule has 1 saturated heterocycles. The second-order valence-electron chi connectivity index (χ2n) is 7.34. The minimum absolute atomic E-state index is 0.0791. The Morgan fingerprint density at radius 3 is 2.50 bits per heavy atom. The normalized spacial score (nSPS) is 22.1. The number of amides is 2. The molecule has 2 amide bonds. The third kappa shape index (κ3) is 4.23. The molecule has 144 valence electrons. The number of piperazine rings is 1. The van der Waals surface area contributed by atoms with Crippen molar-refractivity contribution in [2.45, 2.75) is 44.2 Å². The van der Waals surface area contributed by atoms with E-state index in [9.17, 15) is 4.79 Å². The zero-order valence-corrected chi connectivity index (χ0v) is 16.2. The summed E-state index contributed by atoms with van der Waals surface area (Å²) in [6.45, 7) is 2.31. The van der Waals surface area contributed by atoms with Crippen molar-refractivity contribution in [3.8, 4) is 11.5 Å². The number of carbonyl (C=O) groups excluding carboxylic acids is 1. The van der Waals surface area contributed by atoms with Crippen LogP contribution in [-0.2, 0) is 0 Å². The van der Waals surface area contributed by atoms with Crippen LogP contribution < -0.4 is 14.8 Å². The summed E-state index contributed by atoms with van der Waals surface area (Å²) < 4.78 is 10.8. The molecule has 1 heterocycles. The zero-order valence-electron chi connectivity index (χ0n) is 16.2. The summed E-state index contributed by atoms with van der Waals surface area (Å²) >= 11 is 0. The molecule has 1 aliphatic carbocycles. The Kier molecular flexibility index (Phi) is 6.25. The number of methoxy groups -OCH3 is 2. The van der Waals surface area contributed by atoms with E-state index in [4.69, 9.17) is 9.47 Å². The van der Waals surface area contributed by atoms with E-state index in [-0.39, 0.29) is 12.1 Å². The number of hydrogen-bond donors (Lipinski definition) is 1. The summed E-state index contributed by atoms with van der Waals surface area (Å²) in [7, 11) is 5.40. The van der Waals surface area contributed by atoms with Crippen molar-refractivity contribution in [2.75, 3.05) is 40.9 Å². The van der Waals surface area contributed by atoms with Gasteiger partial charge in [0.25, 0.3) is 0 Å². The number of nitrogens with zero attached hydrogens (tertiary/aromatic N) is 2. The summed E-state index contributed by atoms with van der Waals surface area (Å²) in [5.41, 5.74) is 1.14. The van der Waals surface area contributed by atoms with Crippen LogP contribution in [0.3, 0.4) is 0 Å². The highest BCUT2D eigenvalue weighted by atomic mass is 16.5. The van der Waals surface area contributed by atoms with Crippen LogP contribution in [0.4, 0.5) is 4.79 Å². The van der Waals surface area contributed by atoms with Crippen LogP contribution in [0.25, 0.3) is 0 Å². The molecule has 6 heteroatoms. The third-order valence-electron chi connectivity index (χ3n) is 5.66. The molecule has 0 radical (unpaired) electrons. The van der Waals surface area contributed by atoms with E-state index in [0.29, 0.717) is 12.6 Å². The second-order valence-corrected chi connectivity index (χ2v) is 7.34. The lowest BCUT2D eigenvalue weighted by Gasteiger charge is -2.40. The molecule has 3 rings (SSSR count). The Labute approximate surface area is 156 Å². The lowest BCUT2D eigenvalue weighted by atomic mass is 9.95. The molecule has 0 spiro atoms. The Morgan fingerprint density at radius 1 is 1.08 bits per heavy atom. The molecule has 0 bridgehead atoms. The van der Waals surface area contributed by atoms with Gasteiger partial charge in [-0.05, 0) is 37.6 Å². The van der Waals surface area contributed by atoms with E-state index in [1.807, 2.05) is 17.0 Å². The molecule has 1 saturated carbocycles. The summed E-state index contributed by atoms with van der Waals surface area (Å²) in [5, 5.41) is 3.24. The number of hydrogen-bond acceptors (Lipinski definition) is 4. The fourth-order valence-electron chi connectivity index (χ4n) is 3.99. The fourth-order valence-corrected chi connectivity index (χ4v) is 3.99. The number of likely N-dealkylation sites (N-methyl/N-ethyl adjacent to an activating group) is 1. The summed E-state index contributed by atoms with van der Waals surface area (Å²) in [4.78, 5) is 17.0. The van der Waals surface area contributed by atoms with Gasteiger partial charge in [-0.25, -0.2) is 4.79 Å².